The Morgan fingerprint density at radius 3 is 2.73 bits per heavy atom. The molecule has 116 valence electrons. The number of methoxy groups -OCH3 is 1. The minimum absolute atomic E-state index is 0.294. The van der Waals surface area contributed by atoms with E-state index in [4.69, 9.17) is 9.47 Å². The molecule has 1 aliphatic heterocycles. The Bertz CT molecular complexity index is 755. The molecule has 0 N–H and O–H groups in total. The van der Waals surface area contributed by atoms with E-state index in [2.05, 4.69) is 4.57 Å². The molecule has 0 saturated carbocycles. The van der Waals surface area contributed by atoms with Crippen LogP contribution in [-0.4, -0.2) is 34.8 Å². The maximum atomic E-state index is 12.3. The molecule has 0 aromatic carbocycles. The van der Waals surface area contributed by atoms with Crippen LogP contribution in [0.5, 0.6) is 0 Å². The van der Waals surface area contributed by atoms with Crippen LogP contribution in [0.1, 0.15) is 33.3 Å². The van der Waals surface area contributed by atoms with Crippen molar-refractivity contribution in [2.75, 3.05) is 13.7 Å². The lowest BCUT2D eigenvalue weighted by atomic mass is 10.1. The Hall–Kier alpha value is -2.50. The number of nitrogens with zero attached hydrogens (tertiary/aromatic N) is 2. The number of hydrogen-bond acceptors (Lipinski definition) is 4. The van der Waals surface area contributed by atoms with Gasteiger partial charge in [0.1, 0.15) is 5.69 Å². The Kier molecular flexibility index (Phi) is 3.52. The first-order valence-electron chi connectivity index (χ1n) is 7.24. The van der Waals surface area contributed by atoms with Crippen molar-refractivity contribution in [2.24, 2.45) is 0 Å². The van der Waals surface area contributed by atoms with Crippen LogP contribution < -0.4 is 0 Å². The fourth-order valence-electron chi connectivity index (χ4n) is 3.08. The van der Waals surface area contributed by atoms with Gasteiger partial charge in [-0.2, -0.15) is 0 Å². The van der Waals surface area contributed by atoms with Crippen molar-refractivity contribution in [3.63, 3.8) is 0 Å². The molecule has 6 nitrogen and oxygen atoms in total. The van der Waals surface area contributed by atoms with Gasteiger partial charge in [-0.1, -0.05) is 0 Å². The normalized spacial score (nSPS) is 12.5. The standard InChI is InChI=1S/C16H18N2O4/c1-4-22-16(20)13-10(2)12(15(19)21-3)14-11-6-5-7-17(11)8-9-18(13)14/h5-7H,4,8-9H2,1-3H3. The molecule has 0 atom stereocenters. The topological polar surface area (TPSA) is 62.5 Å². The van der Waals surface area contributed by atoms with Gasteiger partial charge in [0.15, 0.2) is 0 Å². The number of carbonyl (C=O) groups excluding carboxylic acids is 2. The summed E-state index contributed by atoms with van der Waals surface area (Å²) >= 11 is 0. The second-order valence-electron chi connectivity index (χ2n) is 5.15. The van der Waals surface area contributed by atoms with Gasteiger partial charge in [0.2, 0.25) is 0 Å². The summed E-state index contributed by atoms with van der Waals surface area (Å²) in [5, 5.41) is 0. The van der Waals surface area contributed by atoms with Gasteiger partial charge >= 0.3 is 11.9 Å². The Labute approximate surface area is 128 Å². The van der Waals surface area contributed by atoms with Crippen molar-refractivity contribution >= 4 is 11.9 Å². The maximum absolute atomic E-state index is 12.3. The van der Waals surface area contributed by atoms with Crippen molar-refractivity contribution in [2.45, 2.75) is 26.9 Å². The molecular weight excluding hydrogens is 284 g/mol. The third-order valence-electron chi connectivity index (χ3n) is 4.00. The van der Waals surface area contributed by atoms with Crippen molar-refractivity contribution in [1.82, 2.24) is 9.13 Å². The molecule has 0 aliphatic carbocycles. The number of fused-ring (bicyclic) bond motifs is 3. The first-order chi connectivity index (χ1) is 10.6. The Morgan fingerprint density at radius 2 is 2.05 bits per heavy atom. The highest BCUT2D eigenvalue weighted by Gasteiger charge is 2.33. The highest BCUT2D eigenvalue weighted by molar-refractivity contribution is 6.03. The molecule has 6 heteroatoms. The number of esters is 2. The SMILES string of the molecule is CCOC(=O)c1c(C)c(C(=O)OC)c2n1CCn1cccc1-2. The fourth-order valence-corrected chi connectivity index (χ4v) is 3.08. The molecule has 0 fully saturated rings. The van der Waals surface area contributed by atoms with Crippen molar-refractivity contribution in [3.8, 4) is 11.4 Å². The van der Waals surface area contributed by atoms with E-state index in [0.717, 1.165) is 17.9 Å². The molecule has 3 heterocycles. The van der Waals surface area contributed by atoms with Crippen LogP contribution in [0.2, 0.25) is 0 Å². The lowest BCUT2D eigenvalue weighted by Gasteiger charge is -2.21. The van der Waals surface area contributed by atoms with Gasteiger partial charge in [-0.05, 0) is 31.5 Å². The van der Waals surface area contributed by atoms with Gasteiger partial charge in [-0.15, -0.1) is 0 Å². The third kappa shape index (κ3) is 1.94. The summed E-state index contributed by atoms with van der Waals surface area (Å²) in [6.07, 6.45) is 1.96. The quantitative estimate of drug-likeness (QED) is 0.816. The van der Waals surface area contributed by atoms with E-state index >= 15 is 0 Å². The molecular formula is C16H18N2O4. The summed E-state index contributed by atoms with van der Waals surface area (Å²) in [4.78, 5) is 24.5. The molecule has 3 rings (SSSR count). The van der Waals surface area contributed by atoms with Crippen LogP contribution in [0.3, 0.4) is 0 Å². The van der Waals surface area contributed by atoms with Gasteiger partial charge in [0.05, 0.1) is 30.7 Å². The van der Waals surface area contributed by atoms with E-state index in [-0.39, 0.29) is 0 Å². The predicted molar refractivity (Wildman–Crippen MR) is 79.9 cm³/mol. The third-order valence-corrected chi connectivity index (χ3v) is 4.00. The zero-order valence-corrected chi connectivity index (χ0v) is 12.9. The van der Waals surface area contributed by atoms with Gasteiger partial charge in [-0.3, -0.25) is 0 Å². The van der Waals surface area contributed by atoms with Crippen molar-refractivity contribution in [3.05, 3.63) is 35.2 Å². The average Bonchev–Trinajstić information content (AvgIpc) is 3.07. The molecule has 1 aliphatic rings. The molecule has 0 amide bonds. The lowest BCUT2D eigenvalue weighted by Crippen LogP contribution is -2.21. The minimum Gasteiger partial charge on any atom is -0.465 e. The number of rotatable bonds is 3. The number of hydrogen-bond donors (Lipinski definition) is 0. The van der Waals surface area contributed by atoms with E-state index in [1.54, 1.807) is 13.8 Å². The highest BCUT2D eigenvalue weighted by atomic mass is 16.5. The second-order valence-corrected chi connectivity index (χ2v) is 5.15. The summed E-state index contributed by atoms with van der Waals surface area (Å²) in [7, 11) is 1.34. The Morgan fingerprint density at radius 1 is 1.27 bits per heavy atom. The highest BCUT2D eigenvalue weighted by Crippen LogP contribution is 2.35. The van der Waals surface area contributed by atoms with E-state index in [1.165, 1.54) is 7.11 Å². The molecule has 0 spiro atoms. The monoisotopic (exact) mass is 302 g/mol. The Balaban J connectivity index is 2.28. The molecule has 0 bridgehead atoms. The number of aryl methyl sites for hydroxylation is 1. The molecule has 2 aromatic heterocycles. The summed E-state index contributed by atoms with van der Waals surface area (Å²) in [6, 6.07) is 3.87. The predicted octanol–water partition coefficient (Wildman–Crippen LogP) is 2.24. The zero-order valence-electron chi connectivity index (χ0n) is 12.9. The van der Waals surface area contributed by atoms with Crippen molar-refractivity contribution < 1.29 is 19.1 Å². The van der Waals surface area contributed by atoms with Crippen LogP contribution >= 0.6 is 0 Å². The smallest absolute Gasteiger partial charge is 0.355 e. The van der Waals surface area contributed by atoms with E-state index in [0.29, 0.717) is 30.0 Å². The van der Waals surface area contributed by atoms with E-state index < -0.39 is 11.9 Å². The molecule has 22 heavy (non-hydrogen) atoms. The minimum atomic E-state index is -0.438. The average molecular weight is 302 g/mol. The van der Waals surface area contributed by atoms with E-state index in [9.17, 15) is 9.59 Å². The van der Waals surface area contributed by atoms with Crippen LogP contribution in [0.15, 0.2) is 18.3 Å². The number of carbonyl (C=O) groups is 2. The van der Waals surface area contributed by atoms with Crippen LogP contribution in [0.4, 0.5) is 0 Å². The number of aromatic nitrogens is 2. The molecule has 2 aromatic rings. The summed E-state index contributed by atoms with van der Waals surface area (Å²) in [6.45, 7) is 5.18. The van der Waals surface area contributed by atoms with Crippen molar-refractivity contribution in [1.29, 1.82) is 0 Å². The van der Waals surface area contributed by atoms with Gasteiger partial charge in [0, 0.05) is 19.3 Å². The number of ether oxygens (including phenoxy) is 2. The molecule has 0 radical (unpaired) electrons. The summed E-state index contributed by atoms with van der Waals surface area (Å²) in [5.41, 5.74) is 3.11. The first kappa shape index (κ1) is 14.4. The summed E-state index contributed by atoms with van der Waals surface area (Å²) < 4.78 is 14.0. The molecule has 0 unspecified atom stereocenters. The fraction of sp³-hybridized carbons (Fsp3) is 0.375. The van der Waals surface area contributed by atoms with Crippen LogP contribution in [0, 0.1) is 6.92 Å². The molecule has 0 saturated heterocycles. The first-order valence-corrected chi connectivity index (χ1v) is 7.24. The summed E-state index contributed by atoms with van der Waals surface area (Å²) in [5.74, 6) is -0.845. The lowest BCUT2D eigenvalue weighted by molar-refractivity contribution is 0.0512. The van der Waals surface area contributed by atoms with Crippen LogP contribution in [-0.2, 0) is 22.6 Å². The van der Waals surface area contributed by atoms with Gasteiger partial charge in [0.25, 0.3) is 0 Å². The largest absolute Gasteiger partial charge is 0.465 e. The second kappa shape index (κ2) is 5.36. The van der Waals surface area contributed by atoms with E-state index in [1.807, 2.05) is 22.9 Å². The van der Waals surface area contributed by atoms with Crippen LogP contribution in [0.25, 0.3) is 11.4 Å². The zero-order chi connectivity index (χ0) is 15.9. The van der Waals surface area contributed by atoms with Gasteiger partial charge < -0.3 is 18.6 Å². The maximum Gasteiger partial charge on any atom is 0.355 e. The van der Waals surface area contributed by atoms with Gasteiger partial charge in [-0.25, -0.2) is 9.59 Å².